The minimum Gasteiger partial charge on any atom is -0.459 e. The molecule has 168 valence electrons. The zero-order chi connectivity index (χ0) is 23.3. The minimum absolute atomic E-state index is 0.0301. The Kier molecular flexibility index (Phi) is 7.22. The minimum atomic E-state index is -3.99. The zero-order valence-electron chi connectivity index (χ0n) is 17.5. The molecule has 1 N–H and O–H groups in total. The number of carbonyl (C=O) groups excluding carboxylic acids is 2. The molecule has 0 aliphatic carbocycles. The predicted octanol–water partition coefficient (Wildman–Crippen LogP) is 3.86. The molecule has 8 nitrogen and oxygen atoms in total. The van der Waals surface area contributed by atoms with Crippen LogP contribution in [0.15, 0.2) is 76.2 Å². The van der Waals surface area contributed by atoms with Crippen molar-refractivity contribution < 1.29 is 22.4 Å². The SMILES string of the molecule is CCN(c1ccccc1)S(=O)(=O)c1cc(NC(=O)CN(C)C(=O)c2ccco2)ccc1Cl. The summed E-state index contributed by atoms with van der Waals surface area (Å²) in [5.41, 5.74) is 0.736. The summed E-state index contributed by atoms with van der Waals surface area (Å²) < 4.78 is 32.8. The lowest BCUT2D eigenvalue weighted by Gasteiger charge is -2.24. The van der Waals surface area contributed by atoms with E-state index in [0.29, 0.717) is 5.69 Å². The topological polar surface area (TPSA) is 99.9 Å². The van der Waals surface area contributed by atoms with Crippen LogP contribution in [0.1, 0.15) is 17.5 Å². The maximum absolute atomic E-state index is 13.3. The molecule has 0 unspecified atom stereocenters. The van der Waals surface area contributed by atoms with Crippen molar-refractivity contribution in [1.29, 1.82) is 0 Å². The lowest BCUT2D eigenvalue weighted by molar-refractivity contribution is -0.116. The molecule has 1 aromatic heterocycles. The Balaban J connectivity index is 1.79. The number of hydrogen-bond donors (Lipinski definition) is 1. The van der Waals surface area contributed by atoms with Gasteiger partial charge in [-0.1, -0.05) is 29.8 Å². The Morgan fingerprint density at radius 3 is 2.41 bits per heavy atom. The largest absolute Gasteiger partial charge is 0.459 e. The first-order chi connectivity index (χ1) is 15.2. The van der Waals surface area contributed by atoms with Crippen molar-refractivity contribution in [3.8, 4) is 0 Å². The number of anilines is 2. The molecular formula is C22H22ClN3O5S. The van der Waals surface area contributed by atoms with E-state index >= 15 is 0 Å². The third-order valence-corrected chi connectivity index (χ3v) is 6.96. The lowest BCUT2D eigenvalue weighted by Crippen LogP contribution is -2.35. The molecule has 2 amide bonds. The normalized spacial score (nSPS) is 11.1. The highest BCUT2D eigenvalue weighted by Crippen LogP contribution is 2.30. The molecule has 0 saturated carbocycles. The van der Waals surface area contributed by atoms with Crippen LogP contribution in [0.3, 0.4) is 0 Å². The molecular weight excluding hydrogens is 454 g/mol. The number of furan rings is 1. The number of amides is 2. The van der Waals surface area contributed by atoms with Crippen molar-refractivity contribution in [1.82, 2.24) is 4.90 Å². The first kappa shape index (κ1) is 23.4. The van der Waals surface area contributed by atoms with E-state index in [-0.39, 0.29) is 34.5 Å². The van der Waals surface area contributed by atoms with E-state index in [1.54, 1.807) is 43.3 Å². The number of nitrogens with zero attached hydrogens (tertiary/aromatic N) is 2. The molecule has 0 bridgehead atoms. The second-order valence-electron chi connectivity index (χ2n) is 6.84. The summed E-state index contributed by atoms with van der Waals surface area (Å²) in [6, 6.07) is 15.9. The zero-order valence-corrected chi connectivity index (χ0v) is 19.1. The van der Waals surface area contributed by atoms with Gasteiger partial charge in [-0.25, -0.2) is 8.42 Å². The Morgan fingerprint density at radius 2 is 1.78 bits per heavy atom. The second kappa shape index (κ2) is 9.88. The smallest absolute Gasteiger partial charge is 0.289 e. The van der Waals surface area contributed by atoms with Gasteiger partial charge in [-0.15, -0.1) is 0 Å². The van der Waals surface area contributed by atoms with E-state index in [1.165, 1.54) is 46.8 Å². The van der Waals surface area contributed by atoms with Gasteiger partial charge in [0.25, 0.3) is 15.9 Å². The lowest BCUT2D eigenvalue weighted by atomic mass is 10.3. The predicted molar refractivity (Wildman–Crippen MR) is 122 cm³/mol. The number of hydrogen-bond acceptors (Lipinski definition) is 5. The summed E-state index contributed by atoms with van der Waals surface area (Å²) in [6.07, 6.45) is 1.37. The summed E-state index contributed by atoms with van der Waals surface area (Å²) >= 11 is 6.21. The molecule has 0 aliphatic rings. The molecule has 0 aliphatic heterocycles. The van der Waals surface area contributed by atoms with Crippen molar-refractivity contribution in [2.24, 2.45) is 0 Å². The molecule has 32 heavy (non-hydrogen) atoms. The van der Waals surface area contributed by atoms with E-state index in [0.717, 1.165) is 0 Å². The fraction of sp³-hybridized carbons (Fsp3) is 0.182. The van der Waals surface area contributed by atoms with Crippen molar-refractivity contribution in [2.45, 2.75) is 11.8 Å². The average Bonchev–Trinajstić information content (AvgIpc) is 3.30. The number of nitrogens with one attached hydrogen (secondary N) is 1. The summed E-state index contributed by atoms with van der Waals surface area (Å²) in [5, 5.41) is 2.63. The van der Waals surface area contributed by atoms with E-state index in [4.69, 9.17) is 16.0 Å². The van der Waals surface area contributed by atoms with Gasteiger partial charge < -0.3 is 14.6 Å². The summed E-state index contributed by atoms with van der Waals surface area (Å²) in [5.74, 6) is -0.847. The van der Waals surface area contributed by atoms with Gasteiger partial charge >= 0.3 is 0 Å². The monoisotopic (exact) mass is 475 g/mol. The fourth-order valence-corrected chi connectivity index (χ4v) is 5.04. The van der Waals surface area contributed by atoms with Crippen LogP contribution in [0.5, 0.6) is 0 Å². The molecule has 2 aromatic carbocycles. The number of rotatable bonds is 8. The quantitative estimate of drug-likeness (QED) is 0.533. The molecule has 0 radical (unpaired) electrons. The number of benzene rings is 2. The first-order valence-electron chi connectivity index (χ1n) is 9.70. The van der Waals surface area contributed by atoms with E-state index < -0.39 is 21.8 Å². The molecule has 0 spiro atoms. The van der Waals surface area contributed by atoms with E-state index in [2.05, 4.69) is 5.32 Å². The van der Waals surface area contributed by atoms with Gasteiger partial charge in [-0.2, -0.15) is 0 Å². The molecule has 3 rings (SSSR count). The van der Waals surface area contributed by atoms with Gasteiger partial charge in [-0.05, 0) is 49.4 Å². The van der Waals surface area contributed by atoms with E-state index in [1.807, 2.05) is 0 Å². The van der Waals surface area contributed by atoms with Gasteiger partial charge in [0.1, 0.15) is 4.90 Å². The number of likely N-dealkylation sites (N-methyl/N-ethyl adjacent to an activating group) is 1. The van der Waals surface area contributed by atoms with Gasteiger partial charge in [0.15, 0.2) is 5.76 Å². The van der Waals surface area contributed by atoms with Crippen LogP contribution < -0.4 is 9.62 Å². The first-order valence-corrected chi connectivity index (χ1v) is 11.5. The third kappa shape index (κ3) is 5.12. The van der Waals surface area contributed by atoms with Gasteiger partial charge in [0.2, 0.25) is 5.91 Å². The molecule has 3 aromatic rings. The van der Waals surface area contributed by atoms with Crippen molar-refractivity contribution in [3.63, 3.8) is 0 Å². The standard InChI is InChI=1S/C22H22ClN3O5S/c1-3-26(17-8-5-4-6-9-17)32(29,30)20-14-16(11-12-18(20)23)24-21(27)15-25(2)22(28)19-10-7-13-31-19/h4-14H,3,15H2,1-2H3,(H,24,27). The molecule has 10 heteroatoms. The highest BCUT2D eigenvalue weighted by molar-refractivity contribution is 7.93. The van der Waals surface area contributed by atoms with Gasteiger partial charge in [-0.3, -0.25) is 13.9 Å². The van der Waals surface area contributed by atoms with Gasteiger partial charge in [0.05, 0.1) is 23.5 Å². The van der Waals surface area contributed by atoms with Crippen molar-refractivity contribution in [3.05, 3.63) is 77.7 Å². The van der Waals surface area contributed by atoms with Crippen LogP contribution in [0.4, 0.5) is 11.4 Å². The van der Waals surface area contributed by atoms with Crippen LogP contribution in [-0.2, 0) is 14.8 Å². The highest BCUT2D eigenvalue weighted by atomic mass is 35.5. The number of para-hydroxylation sites is 1. The van der Waals surface area contributed by atoms with Crippen molar-refractivity contribution >= 4 is 44.8 Å². The van der Waals surface area contributed by atoms with Crippen LogP contribution >= 0.6 is 11.6 Å². The Hall–Kier alpha value is -3.30. The van der Waals surface area contributed by atoms with Crippen LogP contribution in [-0.4, -0.2) is 45.3 Å². The Bertz CT molecular complexity index is 1200. The summed E-state index contributed by atoms with van der Waals surface area (Å²) in [6.45, 7) is 1.66. The third-order valence-electron chi connectivity index (χ3n) is 4.57. The highest BCUT2D eigenvalue weighted by Gasteiger charge is 2.27. The number of halogens is 1. The molecule has 0 saturated heterocycles. The summed E-state index contributed by atoms with van der Waals surface area (Å²) in [7, 11) is -2.53. The number of sulfonamides is 1. The average molecular weight is 476 g/mol. The Morgan fingerprint density at radius 1 is 1.06 bits per heavy atom. The molecule has 1 heterocycles. The van der Waals surface area contributed by atoms with Gasteiger partial charge in [0, 0.05) is 19.3 Å². The van der Waals surface area contributed by atoms with Crippen molar-refractivity contribution in [2.75, 3.05) is 29.8 Å². The maximum Gasteiger partial charge on any atom is 0.289 e. The van der Waals surface area contributed by atoms with E-state index in [9.17, 15) is 18.0 Å². The van der Waals surface area contributed by atoms with Crippen LogP contribution in [0, 0.1) is 0 Å². The number of carbonyl (C=O) groups is 2. The maximum atomic E-state index is 13.3. The second-order valence-corrected chi connectivity index (χ2v) is 9.08. The van der Waals surface area contributed by atoms with Crippen LogP contribution in [0.25, 0.3) is 0 Å². The molecule has 0 fully saturated rings. The van der Waals surface area contributed by atoms with Crippen LogP contribution in [0.2, 0.25) is 5.02 Å². The Labute approximate surface area is 191 Å². The fourth-order valence-electron chi connectivity index (χ4n) is 3.06. The summed E-state index contributed by atoms with van der Waals surface area (Å²) in [4.78, 5) is 25.7. The molecule has 0 atom stereocenters.